The van der Waals surface area contributed by atoms with Gasteiger partial charge in [0.05, 0.1) is 5.69 Å². The highest BCUT2D eigenvalue weighted by Crippen LogP contribution is 2.40. The van der Waals surface area contributed by atoms with E-state index in [1.165, 1.54) is 12.1 Å². The number of phenolic OH excluding ortho intramolecular Hbond substituents is 1. The fourth-order valence-electron chi connectivity index (χ4n) is 2.58. The minimum Gasteiger partial charge on any atom is -0.506 e. The molecule has 0 aromatic heterocycles. The molecule has 1 aliphatic rings. The number of nitrogens with one attached hydrogen (secondary N) is 1. The van der Waals surface area contributed by atoms with Crippen LogP contribution < -0.4 is 5.32 Å². The van der Waals surface area contributed by atoms with Crippen molar-refractivity contribution in [3.05, 3.63) is 59.4 Å². The topological polar surface area (TPSA) is 32.3 Å². The van der Waals surface area contributed by atoms with E-state index in [-0.39, 0.29) is 17.5 Å². The van der Waals surface area contributed by atoms with Gasteiger partial charge in [-0.25, -0.2) is 4.39 Å². The van der Waals surface area contributed by atoms with Crippen LogP contribution in [0.25, 0.3) is 0 Å². The first-order chi connectivity index (χ1) is 8.75. The number of fused-ring (bicyclic) bond motifs is 1. The molecule has 0 saturated heterocycles. The van der Waals surface area contributed by atoms with E-state index in [2.05, 4.69) is 5.32 Å². The van der Waals surface area contributed by atoms with E-state index in [1.54, 1.807) is 6.07 Å². The third-order valence-electron chi connectivity index (χ3n) is 3.46. The Bertz CT molecular complexity index is 565. The molecule has 2 N–H and O–H groups in total. The average molecular weight is 243 g/mol. The van der Waals surface area contributed by atoms with E-state index in [0.717, 1.165) is 29.8 Å². The number of hydrogen-bond acceptors (Lipinski definition) is 2. The second-order valence-electron chi connectivity index (χ2n) is 4.56. The lowest BCUT2D eigenvalue weighted by molar-refractivity contribution is 0.474. The maximum atomic E-state index is 13.0. The zero-order valence-corrected chi connectivity index (χ0v) is 9.86. The van der Waals surface area contributed by atoms with Gasteiger partial charge in [0.1, 0.15) is 11.6 Å². The van der Waals surface area contributed by atoms with Crippen molar-refractivity contribution in [3.63, 3.8) is 0 Å². The fraction of sp³-hybridized carbons (Fsp3) is 0.200. The first-order valence-electron chi connectivity index (χ1n) is 6.07. The Balaban J connectivity index is 2.06. The molecule has 0 saturated carbocycles. The molecule has 1 heterocycles. The van der Waals surface area contributed by atoms with Gasteiger partial charge in [-0.15, -0.1) is 0 Å². The van der Waals surface area contributed by atoms with Gasteiger partial charge < -0.3 is 10.4 Å². The molecule has 18 heavy (non-hydrogen) atoms. The Kier molecular flexibility index (Phi) is 2.67. The molecule has 3 heteroatoms. The molecule has 0 aliphatic carbocycles. The van der Waals surface area contributed by atoms with Gasteiger partial charge in [-0.1, -0.05) is 24.3 Å². The van der Waals surface area contributed by atoms with Crippen molar-refractivity contribution in [3.8, 4) is 5.75 Å². The van der Waals surface area contributed by atoms with Gasteiger partial charge >= 0.3 is 0 Å². The summed E-state index contributed by atoms with van der Waals surface area (Å²) in [6, 6.07) is 12.1. The number of phenols is 1. The Morgan fingerprint density at radius 2 is 1.89 bits per heavy atom. The highest BCUT2D eigenvalue weighted by Gasteiger charge is 2.23. The number of para-hydroxylation sites is 1. The van der Waals surface area contributed by atoms with Crippen LogP contribution in [0.1, 0.15) is 23.5 Å². The summed E-state index contributed by atoms with van der Waals surface area (Å²) < 4.78 is 13.0. The minimum atomic E-state index is -0.219. The average Bonchev–Trinajstić information content (AvgIpc) is 2.40. The van der Waals surface area contributed by atoms with Gasteiger partial charge in [-0.05, 0) is 35.7 Å². The highest BCUT2D eigenvalue weighted by atomic mass is 19.1. The van der Waals surface area contributed by atoms with Crippen LogP contribution in [0.3, 0.4) is 0 Å². The first-order valence-corrected chi connectivity index (χ1v) is 6.07. The van der Waals surface area contributed by atoms with E-state index in [1.807, 2.05) is 24.3 Å². The SMILES string of the molecule is Oc1cccc2c1NCCC2c1ccc(F)cc1. The van der Waals surface area contributed by atoms with Gasteiger partial charge in [0.25, 0.3) is 0 Å². The number of benzene rings is 2. The third-order valence-corrected chi connectivity index (χ3v) is 3.46. The quantitative estimate of drug-likeness (QED) is 0.751. The summed E-state index contributed by atoms with van der Waals surface area (Å²) in [5.41, 5.74) is 2.97. The summed E-state index contributed by atoms with van der Waals surface area (Å²) in [6.45, 7) is 0.812. The fourth-order valence-corrected chi connectivity index (χ4v) is 2.58. The summed E-state index contributed by atoms with van der Waals surface area (Å²) in [5.74, 6) is 0.275. The van der Waals surface area contributed by atoms with Gasteiger partial charge in [-0.2, -0.15) is 0 Å². The van der Waals surface area contributed by atoms with Crippen molar-refractivity contribution in [1.29, 1.82) is 0 Å². The predicted octanol–water partition coefficient (Wildman–Crippen LogP) is 3.48. The minimum absolute atomic E-state index is 0.217. The number of hydrogen-bond donors (Lipinski definition) is 2. The number of aromatic hydroxyl groups is 1. The second kappa shape index (κ2) is 4.33. The third kappa shape index (κ3) is 1.82. The van der Waals surface area contributed by atoms with Crippen molar-refractivity contribution < 1.29 is 9.50 Å². The molecule has 2 nitrogen and oxygen atoms in total. The maximum Gasteiger partial charge on any atom is 0.138 e. The van der Waals surface area contributed by atoms with E-state index in [4.69, 9.17) is 0 Å². The summed E-state index contributed by atoms with van der Waals surface area (Å²) in [7, 11) is 0. The Morgan fingerprint density at radius 1 is 1.11 bits per heavy atom. The van der Waals surface area contributed by atoms with Crippen LogP contribution in [0.5, 0.6) is 5.75 Å². The predicted molar refractivity (Wildman–Crippen MR) is 69.5 cm³/mol. The summed E-state index contributed by atoms with van der Waals surface area (Å²) in [4.78, 5) is 0. The van der Waals surface area contributed by atoms with Crippen molar-refractivity contribution in [2.24, 2.45) is 0 Å². The molecule has 1 atom stereocenters. The van der Waals surface area contributed by atoms with Crippen molar-refractivity contribution in [2.45, 2.75) is 12.3 Å². The maximum absolute atomic E-state index is 13.0. The lowest BCUT2D eigenvalue weighted by Crippen LogP contribution is -2.17. The summed E-state index contributed by atoms with van der Waals surface area (Å²) in [6.07, 6.45) is 0.947. The zero-order valence-electron chi connectivity index (χ0n) is 9.86. The van der Waals surface area contributed by atoms with Crippen molar-refractivity contribution in [2.75, 3.05) is 11.9 Å². The second-order valence-corrected chi connectivity index (χ2v) is 4.56. The summed E-state index contributed by atoms with van der Waals surface area (Å²) in [5, 5.41) is 13.1. The molecule has 1 unspecified atom stereocenters. The molecular formula is C15H14FNO. The van der Waals surface area contributed by atoms with Crippen molar-refractivity contribution in [1.82, 2.24) is 0 Å². The Labute approximate surface area is 105 Å². The zero-order chi connectivity index (χ0) is 12.5. The molecular weight excluding hydrogens is 229 g/mol. The Morgan fingerprint density at radius 3 is 2.67 bits per heavy atom. The molecule has 92 valence electrons. The molecule has 0 radical (unpaired) electrons. The van der Waals surface area contributed by atoms with Crippen LogP contribution >= 0.6 is 0 Å². The highest BCUT2D eigenvalue weighted by molar-refractivity contribution is 5.65. The van der Waals surface area contributed by atoms with Gasteiger partial charge in [0.2, 0.25) is 0 Å². The van der Waals surface area contributed by atoms with E-state index in [9.17, 15) is 9.50 Å². The molecule has 1 aliphatic heterocycles. The van der Waals surface area contributed by atoms with Gasteiger partial charge in [-0.3, -0.25) is 0 Å². The number of rotatable bonds is 1. The van der Waals surface area contributed by atoms with Crippen LogP contribution in [-0.2, 0) is 0 Å². The number of halogens is 1. The smallest absolute Gasteiger partial charge is 0.138 e. The standard InChI is InChI=1S/C15H14FNO/c16-11-6-4-10(5-7-11)12-8-9-17-15-13(12)2-1-3-14(15)18/h1-7,12,17-18H,8-9H2. The normalized spacial score (nSPS) is 17.9. The largest absolute Gasteiger partial charge is 0.506 e. The van der Waals surface area contributed by atoms with E-state index >= 15 is 0 Å². The van der Waals surface area contributed by atoms with Crippen LogP contribution in [0.4, 0.5) is 10.1 Å². The van der Waals surface area contributed by atoms with E-state index < -0.39 is 0 Å². The van der Waals surface area contributed by atoms with Crippen LogP contribution in [0.2, 0.25) is 0 Å². The summed E-state index contributed by atoms with van der Waals surface area (Å²) >= 11 is 0. The van der Waals surface area contributed by atoms with Gasteiger partial charge in [0.15, 0.2) is 0 Å². The monoisotopic (exact) mass is 243 g/mol. The van der Waals surface area contributed by atoms with Gasteiger partial charge in [0, 0.05) is 12.5 Å². The molecule has 3 rings (SSSR count). The van der Waals surface area contributed by atoms with Crippen LogP contribution in [-0.4, -0.2) is 11.7 Å². The Hall–Kier alpha value is -2.03. The lowest BCUT2D eigenvalue weighted by Gasteiger charge is -2.27. The molecule has 2 aromatic carbocycles. The lowest BCUT2D eigenvalue weighted by atomic mass is 9.85. The molecule has 0 bridgehead atoms. The number of anilines is 1. The van der Waals surface area contributed by atoms with Crippen molar-refractivity contribution >= 4 is 5.69 Å². The molecule has 2 aromatic rings. The van der Waals surface area contributed by atoms with E-state index in [0.29, 0.717) is 0 Å². The molecule has 0 fully saturated rings. The molecule has 0 amide bonds. The first kappa shape index (κ1) is 11.1. The van der Waals surface area contributed by atoms with Crippen LogP contribution in [0.15, 0.2) is 42.5 Å². The van der Waals surface area contributed by atoms with Crippen LogP contribution in [0, 0.1) is 5.82 Å². The molecule has 0 spiro atoms.